The Hall–Kier alpha value is -2.37. The van der Waals surface area contributed by atoms with Crippen LogP contribution in [0.2, 0.25) is 0 Å². The van der Waals surface area contributed by atoms with Gasteiger partial charge in [0.25, 0.3) is 0 Å². The second-order valence-electron chi connectivity index (χ2n) is 19.6. The van der Waals surface area contributed by atoms with Crippen molar-refractivity contribution < 1.29 is 28.6 Å². The van der Waals surface area contributed by atoms with Gasteiger partial charge in [0.2, 0.25) is 0 Å². The van der Waals surface area contributed by atoms with Gasteiger partial charge in [-0.05, 0) is 70.6 Å². The van der Waals surface area contributed by atoms with Crippen molar-refractivity contribution >= 4 is 17.9 Å². The molecule has 0 radical (unpaired) electrons. The highest BCUT2D eigenvalue weighted by molar-refractivity contribution is 5.71. The van der Waals surface area contributed by atoms with Crippen molar-refractivity contribution in [3.8, 4) is 0 Å². The molecule has 0 aliphatic carbocycles. The smallest absolute Gasteiger partial charge is 0.306 e. The number of unbranched alkanes of at least 4 members (excludes halogenated alkanes) is 36. The molecule has 0 amide bonds. The SMILES string of the molecule is CCC/C=C\C/C=C\CCCCCCCC(=O)OCC(COC(=O)CCCCCCCCCCCCCCCCCCCCC)OC(=O)CCCCCCC/C=C\CCCCCCCCC. The standard InChI is InChI=1S/C60H110O6/c1-4-7-10-13-16-19-22-25-27-29-30-31-33-35-38-41-44-47-50-53-59(62)65-56-57(55-64-58(61)52-49-46-43-40-37-34-24-21-18-15-12-9-6-3)66-60(63)54-51-48-45-42-39-36-32-28-26-23-20-17-14-11-8-5-2/h12,15,21,24,28,32,57H,4-11,13-14,16-20,22-23,25-27,29-31,33-56H2,1-3H3/b15-12-,24-21-,32-28-. The van der Waals surface area contributed by atoms with E-state index in [0.29, 0.717) is 19.3 Å². The van der Waals surface area contributed by atoms with Gasteiger partial charge in [-0.1, -0.05) is 256 Å². The van der Waals surface area contributed by atoms with Gasteiger partial charge in [0.05, 0.1) is 0 Å². The van der Waals surface area contributed by atoms with Gasteiger partial charge in [0.15, 0.2) is 6.10 Å². The Morgan fingerprint density at radius 2 is 0.576 bits per heavy atom. The molecule has 0 saturated carbocycles. The summed E-state index contributed by atoms with van der Waals surface area (Å²) >= 11 is 0. The van der Waals surface area contributed by atoms with Crippen LogP contribution >= 0.6 is 0 Å². The number of allylic oxidation sites excluding steroid dienone is 6. The molecule has 0 aliphatic heterocycles. The van der Waals surface area contributed by atoms with Crippen LogP contribution in [0.1, 0.15) is 310 Å². The number of esters is 3. The lowest BCUT2D eigenvalue weighted by atomic mass is 10.0. The van der Waals surface area contributed by atoms with Crippen molar-refractivity contribution in [2.75, 3.05) is 13.2 Å². The Labute approximate surface area is 410 Å². The van der Waals surface area contributed by atoms with Gasteiger partial charge in [-0.2, -0.15) is 0 Å². The number of ether oxygens (including phenoxy) is 3. The molecule has 6 heteroatoms. The van der Waals surface area contributed by atoms with Crippen LogP contribution in [0.15, 0.2) is 36.5 Å². The third-order valence-electron chi connectivity index (χ3n) is 12.8. The zero-order chi connectivity index (χ0) is 47.9. The van der Waals surface area contributed by atoms with Gasteiger partial charge in [-0.15, -0.1) is 0 Å². The van der Waals surface area contributed by atoms with Crippen molar-refractivity contribution in [1.29, 1.82) is 0 Å². The summed E-state index contributed by atoms with van der Waals surface area (Å²) in [6, 6.07) is 0. The topological polar surface area (TPSA) is 78.9 Å². The maximum absolute atomic E-state index is 12.8. The summed E-state index contributed by atoms with van der Waals surface area (Å²) in [5, 5.41) is 0. The lowest BCUT2D eigenvalue weighted by Crippen LogP contribution is -2.30. The fraction of sp³-hybridized carbons (Fsp3) is 0.850. The van der Waals surface area contributed by atoms with E-state index >= 15 is 0 Å². The third-order valence-corrected chi connectivity index (χ3v) is 12.8. The summed E-state index contributed by atoms with van der Waals surface area (Å²) in [7, 11) is 0. The summed E-state index contributed by atoms with van der Waals surface area (Å²) in [5.74, 6) is -0.883. The first-order valence-electron chi connectivity index (χ1n) is 29.0. The highest BCUT2D eigenvalue weighted by atomic mass is 16.6. The predicted molar refractivity (Wildman–Crippen MR) is 284 cm³/mol. The van der Waals surface area contributed by atoms with Crippen molar-refractivity contribution in [3.05, 3.63) is 36.5 Å². The van der Waals surface area contributed by atoms with Crippen LogP contribution in [0.25, 0.3) is 0 Å². The first-order valence-corrected chi connectivity index (χ1v) is 29.0. The lowest BCUT2D eigenvalue weighted by molar-refractivity contribution is -0.167. The van der Waals surface area contributed by atoms with Crippen molar-refractivity contribution in [2.45, 2.75) is 316 Å². The van der Waals surface area contributed by atoms with Gasteiger partial charge < -0.3 is 14.2 Å². The number of hydrogen-bond donors (Lipinski definition) is 0. The number of hydrogen-bond acceptors (Lipinski definition) is 6. The van der Waals surface area contributed by atoms with E-state index < -0.39 is 6.10 Å². The van der Waals surface area contributed by atoms with E-state index in [1.165, 1.54) is 180 Å². The highest BCUT2D eigenvalue weighted by Crippen LogP contribution is 2.17. The Balaban J connectivity index is 4.33. The van der Waals surface area contributed by atoms with Crippen LogP contribution in [-0.4, -0.2) is 37.2 Å². The quantitative estimate of drug-likeness (QED) is 0.0262. The molecular weight excluding hydrogens is 817 g/mol. The minimum Gasteiger partial charge on any atom is -0.462 e. The second kappa shape index (κ2) is 55.2. The minimum absolute atomic E-state index is 0.0765. The summed E-state index contributed by atoms with van der Waals surface area (Å²) in [6.07, 6.45) is 65.6. The van der Waals surface area contributed by atoms with Crippen molar-refractivity contribution in [2.24, 2.45) is 0 Å². The first-order chi connectivity index (χ1) is 32.5. The van der Waals surface area contributed by atoms with E-state index in [2.05, 4.69) is 57.2 Å². The van der Waals surface area contributed by atoms with E-state index in [0.717, 1.165) is 89.9 Å². The molecule has 1 atom stereocenters. The minimum atomic E-state index is -0.779. The Morgan fingerprint density at radius 3 is 0.909 bits per heavy atom. The van der Waals surface area contributed by atoms with Crippen LogP contribution in [0.5, 0.6) is 0 Å². The van der Waals surface area contributed by atoms with Gasteiger partial charge >= 0.3 is 17.9 Å². The maximum atomic E-state index is 12.8. The van der Waals surface area contributed by atoms with E-state index in [1.807, 2.05) is 0 Å². The summed E-state index contributed by atoms with van der Waals surface area (Å²) in [6.45, 7) is 6.60. The Bertz CT molecular complexity index is 1110. The third kappa shape index (κ3) is 52.6. The average molecular weight is 928 g/mol. The molecule has 66 heavy (non-hydrogen) atoms. The van der Waals surface area contributed by atoms with Gasteiger partial charge in [0.1, 0.15) is 13.2 Å². The summed E-state index contributed by atoms with van der Waals surface area (Å²) in [4.78, 5) is 38.1. The number of carbonyl (C=O) groups excluding carboxylic acids is 3. The molecule has 0 aromatic rings. The van der Waals surface area contributed by atoms with Gasteiger partial charge in [-0.3, -0.25) is 14.4 Å². The monoisotopic (exact) mass is 927 g/mol. The van der Waals surface area contributed by atoms with Crippen LogP contribution < -0.4 is 0 Å². The summed E-state index contributed by atoms with van der Waals surface area (Å²) < 4.78 is 16.9. The zero-order valence-corrected chi connectivity index (χ0v) is 44.2. The second-order valence-corrected chi connectivity index (χ2v) is 19.6. The fourth-order valence-corrected chi connectivity index (χ4v) is 8.48. The molecule has 0 aromatic carbocycles. The molecule has 0 saturated heterocycles. The van der Waals surface area contributed by atoms with E-state index in [9.17, 15) is 14.4 Å². The van der Waals surface area contributed by atoms with Crippen molar-refractivity contribution in [1.82, 2.24) is 0 Å². The Morgan fingerprint density at radius 1 is 0.303 bits per heavy atom. The molecule has 6 nitrogen and oxygen atoms in total. The van der Waals surface area contributed by atoms with Gasteiger partial charge in [0, 0.05) is 19.3 Å². The molecule has 0 bridgehead atoms. The maximum Gasteiger partial charge on any atom is 0.306 e. The normalized spacial score (nSPS) is 12.2. The van der Waals surface area contributed by atoms with Crippen LogP contribution in [0.3, 0.4) is 0 Å². The Kier molecular flexibility index (Phi) is 53.2. The molecule has 0 aliphatic rings. The van der Waals surface area contributed by atoms with Crippen LogP contribution in [0.4, 0.5) is 0 Å². The van der Waals surface area contributed by atoms with E-state index in [1.54, 1.807) is 0 Å². The molecule has 0 heterocycles. The lowest BCUT2D eigenvalue weighted by Gasteiger charge is -2.18. The zero-order valence-electron chi connectivity index (χ0n) is 44.2. The molecule has 0 aromatic heterocycles. The summed E-state index contributed by atoms with van der Waals surface area (Å²) in [5.41, 5.74) is 0. The predicted octanol–water partition coefficient (Wildman–Crippen LogP) is 19.3. The molecule has 1 unspecified atom stereocenters. The molecule has 0 N–H and O–H groups in total. The first kappa shape index (κ1) is 63.6. The number of carbonyl (C=O) groups is 3. The molecule has 0 fully saturated rings. The van der Waals surface area contributed by atoms with Gasteiger partial charge in [-0.25, -0.2) is 0 Å². The fourth-order valence-electron chi connectivity index (χ4n) is 8.48. The molecule has 0 rings (SSSR count). The van der Waals surface area contributed by atoms with E-state index in [-0.39, 0.29) is 31.1 Å². The molecule has 386 valence electrons. The molecule has 0 spiro atoms. The van der Waals surface area contributed by atoms with Crippen molar-refractivity contribution in [3.63, 3.8) is 0 Å². The van der Waals surface area contributed by atoms with Crippen LogP contribution in [-0.2, 0) is 28.6 Å². The number of rotatable bonds is 53. The largest absolute Gasteiger partial charge is 0.462 e. The molecular formula is C60H110O6. The average Bonchev–Trinajstić information content (AvgIpc) is 3.31. The van der Waals surface area contributed by atoms with E-state index in [4.69, 9.17) is 14.2 Å². The highest BCUT2D eigenvalue weighted by Gasteiger charge is 2.19. The van der Waals surface area contributed by atoms with Crippen LogP contribution in [0, 0.1) is 0 Å².